The summed E-state index contributed by atoms with van der Waals surface area (Å²) in [5.74, 6) is -1.27. The van der Waals surface area contributed by atoms with Crippen LogP contribution in [0.2, 0.25) is 0 Å². The second kappa shape index (κ2) is 7.46. The Labute approximate surface area is 145 Å². The van der Waals surface area contributed by atoms with Gasteiger partial charge in [0.25, 0.3) is 0 Å². The molecular weight excluding hydrogens is 323 g/mol. The van der Waals surface area contributed by atoms with E-state index in [4.69, 9.17) is 0 Å². The SMILES string of the molecule is Cc1ccc(N2C[C@@H](C(=O)NCCCn3cccn3)CC2=O)c(F)c1. The largest absolute Gasteiger partial charge is 0.356 e. The monoisotopic (exact) mass is 344 g/mol. The zero-order valence-corrected chi connectivity index (χ0v) is 14.1. The molecule has 3 rings (SSSR count). The number of hydrogen-bond acceptors (Lipinski definition) is 3. The number of rotatable bonds is 6. The van der Waals surface area contributed by atoms with Crippen LogP contribution in [0.1, 0.15) is 18.4 Å². The van der Waals surface area contributed by atoms with Crippen molar-refractivity contribution in [3.8, 4) is 0 Å². The average Bonchev–Trinajstić information content (AvgIpc) is 3.21. The number of anilines is 1. The number of hydrogen-bond donors (Lipinski definition) is 1. The fraction of sp³-hybridized carbons (Fsp3) is 0.389. The Balaban J connectivity index is 1.52. The Kier molecular flexibility index (Phi) is 5.11. The molecule has 1 saturated heterocycles. The van der Waals surface area contributed by atoms with Crippen LogP contribution in [-0.2, 0) is 16.1 Å². The molecule has 0 saturated carbocycles. The highest BCUT2D eigenvalue weighted by atomic mass is 19.1. The van der Waals surface area contributed by atoms with E-state index >= 15 is 0 Å². The lowest BCUT2D eigenvalue weighted by molar-refractivity contribution is -0.126. The van der Waals surface area contributed by atoms with Crippen LogP contribution >= 0.6 is 0 Å². The Morgan fingerprint density at radius 2 is 2.28 bits per heavy atom. The van der Waals surface area contributed by atoms with E-state index in [2.05, 4.69) is 10.4 Å². The van der Waals surface area contributed by atoms with Crippen LogP contribution < -0.4 is 10.2 Å². The van der Waals surface area contributed by atoms with Gasteiger partial charge in [-0.2, -0.15) is 5.10 Å². The summed E-state index contributed by atoms with van der Waals surface area (Å²) < 4.78 is 15.9. The van der Waals surface area contributed by atoms with Gasteiger partial charge < -0.3 is 10.2 Å². The molecule has 1 N–H and O–H groups in total. The fourth-order valence-corrected chi connectivity index (χ4v) is 2.98. The maximum Gasteiger partial charge on any atom is 0.227 e. The van der Waals surface area contributed by atoms with Crippen molar-refractivity contribution in [1.29, 1.82) is 0 Å². The van der Waals surface area contributed by atoms with Crippen molar-refractivity contribution in [2.24, 2.45) is 5.92 Å². The minimum Gasteiger partial charge on any atom is -0.356 e. The summed E-state index contributed by atoms with van der Waals surface area (Å²) in [4.78, 5) is 25.8. The van der Waals surface area contributed by atoms with E-state index in [1.807, 2.05) is 12.3 Å². The van der Waals surface area contributed by atoms with Crippen molar-refractivity contribution >= 4 is 17.5 Å². The number of aromatic nitrogens is 2. The number of nitrogens with zero attached hydrogens (tertiary/aromatic N) is 3. The molecule has 1 fully saturated rings. The molecule has 2 heterocycles. The van der Waals surface area contributed by atoms with Gasteiger partial charge in [-0.05, 0) is 37.1 Å². The van der Waals surface area contributed by atoms with Crippen molar-refractivity contribution in [2.75, 3.05) is 18.0 Å². The third kappa shape index (κ3) is 4.04. The van der Waals surface area contributed by atoms with Crippen molar-refractivity contribution in [3.63, 3.8) is 0 Å². The Morgan fingerprint density at radius 3 is 3.00 bits per heavy atom. The van der Waals surface area contributed by atoms with E-state index in [0.717, 1.165) is 18.5 Å². The summed E-state index contributed by atoms with van der Waals surface area (Å²) in [6.45, 7) is 3.24. The third-order valence-corrected chi connectivity index (χ3v) is 4.31. The van der Waals surface area contributed by atoms with Gasteiger partial charge >= 0.3 is 0 Å². The van der Waals surface area contributed by atoms with Crippen molar-refractivity contribution in [3.05, 3.63) is 48.0 Å². The number of amides is 2. The maximum absolute atomic E-state index is 14.1. The normalized spacial score (nSPS) is 17.1. The van der Waals surface area contributed by atoms with Gasteiger partial charge in [0.15, 0.2) is 0 Å². The molecule has 6 nitrogen and oxygen atoms in total. The number of aryl methyl sites for hydroxylation is 2. The highest BCUT2D eigenvalue weighted by molar-refractivity contribution is 6.00. The molecule has 0 spiro atoms. The zero-order valence-electron chi connectivity index (χ0n) is 14.1. The molecule has 1 aromatic heterocycles. The van der Waals surface area contributed by atoms with Gasteiger partial charge in [0, 0.05) is 38.4 Å². The summed E-state index contributed by atoms with van der Waals surface area (Å²) >= 11 is 0. The van der Waals surface area contributed by atoms with Gasteiger partial charge in [-0.15, -0.1) is 0 Å². The van der Waals surface area contributed by atoms with Crippen LogP contribution in [0.3, 0.4) is 0 Å². The smallest absolute Gasteiger partial charge is 0.227 e. The maximum atomic E-state index is 14.1. The number of carbonyl (C=O) groups is 2. The topological polar surface area (TPSA) is 67.2 Å². The van der Waals surface area contributed by atoms with Crippen LogP contribution in [0.4, 0.5) is 10.1 Å². The molecule has 25 heavy (non-hydrogen) atoms. The highest BCUT2D eigenvalue weighted by Gasteiger charge is 2.35. The van der Waals surface area contributed by atoms with Gasteiger partial charge in [-0.1, -0.05) is 6.07 Å². The Morgan fingerprint density at radius 1 is 1.44 bits per heavy atom. The first kappa shape index (κ1) is 17.1. The number of halogens is 1. The third-order valence-electron chi connectivity index (χ3n) is 4.31. The van der Waals surface area contributed by atoms with Crippen LogP contribution in [0.25, 0.3) is 0 Å². The highest BCUT2D eigenvalue weighted by Crippen LogP contribution is 2.28. The van der Waals surface area contributed by atoms with Crippen LogP contribution in [-0.4, -0.2) is 34.7 Å². The lowest BCUT2D eigenvalue weighted by Gasteiger charge is -2.17. The van der Waals surface area contributed by atoms with Gasteiger partial charge in [0.05, 0.1) is 11.6 Å². The van der Waals surface area contributed by atoms with Gasteiger partial charge in [-0.25, -0.2) is 4.39 Å². The molecule has 2 amide bonds. The van der Waals surface area contributed by atoms with E-state index in [-0.39, 0.29) is 30.5 Å². The fourth-order valence-electron chi connectivity index (χ4n) is 2.98. The van der Waals surface area contributed by atoms with E-state index in [9.17, 15) is 14.0 Å². The number of benzene rings is 1. The van der Waals surface area contributed by atoms with Crippen LogP contribution in [0, 0.1) is 18.7 Å². The molecule has 132 valence electrons. The van der Waals surface area contributed by atoms with E-state index < -0.39 is 11.7 Å². The Hall–Kier alpha value is -2.70. The molecule has 0 bridgehead atoms. The molecule has 1 atom stereocenters. The predicted molar refractivity (Wildman–Crippen MR) is 91.5 cm³/mol. The van der Waals surface area contributed by atoms with Crippen molar-refractivity contribution in [2.45, 2.75) is 26.3 Å². The van der Waals surface area contributed by atoms with Crippen LogP contribution in [0.15, 0.2) is 36.7 Å². The molecule has 2 aromatic rings. The van der Waals surface area contributed by atoms with E-state index in [1.165, 1.54) is 11.0 Å². The molecule has 7 heteroatoms. The quantitative estimate of drug-likeness (QED) is 0.814. The lowest BCUT2D eigenvalue weighted by Crippen LogP contribution is -2.34. The van der Waals surface area contributed by atoms with Gasteiger partial charge in [0.1, 0.15) is 5.82 Å². The second-order valence-electron chi connectivity index (χ2n) is 6.27. The van der Waals surface area contributed by atoms with E-state index in [1.54, 1.807) is 29.9 Å². The van der Waals surface area contributed by atoms with Gasteiger partial charge in [-0.3, -0.25) is 14.3 Å². The minimum atomic E-state index is -0.446. The first-order chi connectivity index (χ1) is 12.0. The molecule has 1 aliphatic rings. The molecule has 0 radical (unpaired) electrons. The zero-order chi connectivity index (χ0) is 17.8. The summed E-state index contributed by atoms with van der Waals surface area (Å²) in [5, 5.41) is 6.95. The Bertz CT molecular complexity index is 760. The molecule has 1 aliphatic heterocycles. The first-order valence-electron chi connectivity index (χ1n) is 8.36. The van der Waals surface area contributed by atoms with E-state index in [0.29, 0.717) is 6.54 Å². The minimum absolute atomic E-state index is 0.109. The van der Waals surface area contributed by atoms with Crippen molar-refractivity contribution < 1.29 is 14.0 Å². The first-order valence-corrected chi connectivity index (χ1v) is 8.36. The summed E-state index contributed by atoms with van der Waals surface area (Å²) in [6.07, 6.45) is 4.44. The molecular formula is C18H21FN4O2. The molecule has 0 unspecified atom stereocenters. The van der Waals surface area contributed by atoms with Crippen molar-refractivity contribution in [1.82, 2.24) is 15.1 Å². The number of carbonyl (C=O) groups excluding carboxylic acids is 2. The van der Waals surface area contributed by atoms with Crippen LogP contribution in [0.5, 0.6) is 0 Å². The summed E-state index contributed by atoms with van der Waals surface area (Å²) in [7, 11) is 0. The number of nitrogens with one attached hydrogen (secondary N) is 1. The summed E-state index contributed by atoms with van der Waals surface area (Å²) in [6, 6.07) is 6.59. The lowest BCUT2D eigenvalue weighted by atomic mass is 10.1. The summed E-state index contributed by atoms with van der Waals surface area (Å²) in [5.41, 5.74) is 1.03. The predicted octanol–water partition coefficient (Wildman–Crippen LogP) is 1.89. The average molecular weight is 344 g/mol. The second-order valence-corrected chi connectivity index (χ2v) is 6.27. The van der Waals surface area contributed by atoms with Gasteiger partial charge in [0.2, 0.25) is 11.8 Å². The molecule has 0 aliphatic carbocycles. The standard InChI is InChI=1S/C18H21FN4O2/c1-13-4-5-16(15(19)10-13)23-12-14(11-17(23)24)18(25)20-6-2-8-22-9-3-7-21-22/h3-5,7,9-10,14H,2,6,8,11-12H2,1H3,(H,20,25)/t14-/m0/s1. The molecule has 1 aromatic carbocycles.